The SMILES string of the molecule is CC1CN(c2ccc3nc(-c4cccc(Cl)c4F)n(C)c(=O)c3c2)CCN1C. The van der Waals surface area contributed by atoms with Gasteiger partial charge in [-0.15, -0.1) is 0 Å². The highest BCUT2D eigenvalue weighted by Gasteiger charge is 2.22. The molecule has 0 N–H and O–H groups in total. The van der Waals surface area contributed by atoms with Crippen molar-refractivity contribution >= 4 is 28.2 Å². The third-order valence-corrected chi connectivity index (χ3v) is 5.87. The molecule has 1 fully saturated rings. The van der Waals surface area contributed by atoms with Crippen molar-refractivity contribution in [2.24, 2.45) is 7.05 Å². The zero-order valence-corrected chi connectivity index (χ0v) is 16.9. The lowest BCUT2D eigenvalue weighted by atomic mass is 10.1. The van der Waals surface area contributed by atoms with Crippen molar-refractivity contribution in [3.05, 3.63) is 57.6 Å². The molecule has 0 saturated carbocycles. The Morgan fingerprint density at radius 3 is 2.71 bits per heavy atom. The highest BCUT2D eigenvalue weighted by atomic mass is 35.5. The van der Waals surface area contributed by atoms with Gasteiger partial charge in [0.1, 0.15) is 5.82 Å². The van der Waals surface area contributed by atoms with Gasteiger partial charge in [0.25, 0.3) is 5.56 Å². The van der Waals surface area contributed by atoms with Crippen LogP contribution < -0.4 is 10.5 Å². The van der Waals surface area contributed by atoms with Crippen LogP contribution in [-0.4, -0.2) is 47.2 Å². The van der Waals surface area contributed by atoms with Gasteiger partial charge >= 0.3 is 0 Å². The maximum absolute atomic E-state index is 14.5. The Hall–Kier alpha value is -2.44. The van der Waals surface area contributed by atoms with E-state index >= 15 is 0 Å². The quantitative estimate of drug-likeness (QED) is 0.660. The number of halogens is 2. The Balaban J connectivity index is 1.81. The largest absolute Gasteiger partial charge is 0.369 e. The van der Waals surface area contributed by atoms with E-state index in [1.807, 2.05) is 18.2 Å². The number of rotatable bonds is 2. The van der Waals surface area contributed by atoms with Crippen LogP contribution in [0.1, 0.15) is 6.92 Å². The van der Waals surface area contributed by atoms with Crippen LogP contribution >= 0.6 is 11.6 Å². The average Bonchev–Trinajstić information content (AvgIpc) is 2.69. The van der Waals surface area contributed by atoms with Crippen molar-refractivity contribution in [1.82, 2.24) is 14.5 Å². The molecule has 2 aromatic carbocycles. The van der Waals surface area contributed by atoms with E-state index in [0.717, 1.165) is 25.3 Å². The summed E-state index contributed by atoms with van der Waals surface area (Å²) in [6.07, 6.45) is 0. The number of piperazine rings is 1. The molecule has 1 unspecified atom stereocenters. The first-order valence-electron chi connectivity index (χ1n) is 9.27. The lowest BCUT2D eigenvalue weighted by molar-refractivity contribution is 0.234. The van der Waals surface area contributed by atoms with Crippen LogP contribution in [0.5, 0.6) is 0 Å². The van der Waals surface area contributed by atoms with Crippen LogP contribution in [0.15, 0.2) is 41.2 Å². The minimum Gasteiger partial charge on any atom is -0.369 e. The summed E-state index contributed by atoms with van der Waals surface area (Å²) in [6, 6.07) is 10.8. The maximum atomic E-state index is 14.5. The first-order valence-corrected chi connectivity index (χ1v) is 9.65. The molecular weight excluding hydrogens is 379 g/mol. The van der Waals surface area contributed by atoms with Crippen LogP contribution in [0.3, 0.4) is 0 Å². The topological polar surface area (TPSA) is 41.4 Å². The summed E-state index contributed by atoms with van der Waals surface area (Å²) in [5.74, 6) is -0.312. The molecule has 1 aliphatic rings. The predicted molar refractivity (Wildman–Crippen MR) is 112 cm³/mol. The first-order chi connectivity index (χ1) is 13.4. The molecule has 0 spiro atoms. The van der Waals surface area contributed by atoms with Gasteiger partial charge in [0.05, 0.1) is 21.5 Å². The van der Waals surface area contributed by atoms with E-state index < -0.39 is 5.82 Å². The summed E-state index contributed by atoms with van der Waals surface area (Å²) in [5, 5.41) is 0.532. The second-order valence-electron chi connectivity index (χ2n) is 7.38. The van der Waals surface area contributed by atoms with E-state index in [1.54, 1.807) is 19.2 Å². The van der Waals surface area contributed by atoms with Crippen molar-refractivity contribution in [2.75, 3.05) is 31.6 Å². The normalized spacial score (nSPS) is 18.0. The molecule has 3 aromatic rings. The van der Waals surface area contributed by atoms with Crippen molar-refractivity contribution in [3.63, 3.8) is 0 Å². The number of hydrogen-bond donors (Lipinski definition) is 0. The molecule has 28 heavy (non-hydrogen) atoms. The Bertz CT molecular complexity index is 1110. The van der Waals surface area contributed by atoms with Gasteiger partial charge < -0.3 is 9.80 Å². The lowest BCUT2D eigenvalue weighted by Gasteiger charge is -2.39. The third kappa shape index (κ3) is 3.16. The van der Waals surface area contributed by atoms with E-state index in [-0.39, 0.29) is 22.0 Å². The third-order valence-electron chi connectivity index (χ3n) is 5.58. The molecule has 146 valence electrons. The number of nitrogens with zero attached hydrogens (tertiary/aromatic N) is 4. The van der Waals surface area contributed by atoms with Crippen molar-refractivity contribution in [2.45, 2.75) is 13.0 Å². The Labute approximate surface area is 168 Å². The minimum atomic E-state index is -0.575. The number of fused-ring (bicyclic) bond motifs is 1. The second-order valence-corrected chi connectivity index (χ2v) is 7.79. The van der Waals surface area contributed by atoms with Crippen LogP contribution in [0, 0.1) is 5.82 Å². The number of anilines is 1. The number of aromatic nitrogens is 2. The zero-order chi connectivity index (χ0) is 20.0. The summed E-state index contributed by atoms with van der Waals surface area (Å²) >= 11 is 5.90. The molecule has 1 aromatic heterocycles. The van der Waals surface area contributed by atoms with Gasteiger partial charge in [-0.25, -0.2) is 9.37 Å². The minimum absolute atomic E-state index is 0.00591. The number of hydrogen-bond acceptors (Lipinski definition) is 4. The molecule has 1 aliphatic heterocycles. The molecule has 0 radical (unpaired) electrons. The van der Waals surface area contributed by atoms with E-state index in [9.17, 15) is 9.18 Å². The average molecular weight is 401 g/mol. The van der Waals surface area contributed by atoms with E-state index in [0.29, 0.717) is 16.9 Å². The van der Waals surface area contributed by atoms with Gasteiger partial charge in [0.15, 0.2) is 5.82 Å². The number of likely N-dealkylation sites (N-methyl/N-ethyl adjacent to an activating group) is 1. The Morgan fingerprint density at radius 2 is 1.96 bits per heavy atom. The van der Waals surface area contributed by atoms with Gasteiger partial charge in [-0.3, -0.25) is 9.36 Å². The Kier molecular flexibility index (Phi) is 4.85. The molecule has 0 aliphatic carbocycles. The van der Waals surface area contributed by atoms with Crippen LogP contribution in [0.2, 0.25) is 5.02 Å². The fraction of sp³-hybridized carbons (Fsp3) is 0.333. The van der Waals surface area contributed by atoms with Gasteiger partial charge in [-0.1, -0.05) is 17.7 Å². The fourth-order valence-corrected chi connectivity index (χ4v) is 3.83. The van der Waals surface area contributed by atoms with Crippen LogP contribution in [0.4, 0.5) is 10.1 Å². The summed E-state index contributed by atoms with van der Waals surface area (Å²) in [7, 11) is 3.73. The predicted octanol–water partition coefficient (Wildman–Crippen LogP) is 3.53. The first kappa shape index (κ1) is 18.9. The highest BCUT2D eigenvalue weighted by Crippen LogP contribution is 2.28. The molecular formula is C21H22ClFN4O. The number of benzene rings is 2. The van der Waals surface area contributed by atoms with Crippen molar-refractivity contribution in [3.8, 4) is 11.4 Å². The zero-order valence-electron chi connectivity index (χ0n) is 16.1. The maximum Gasteiger partial charge on any atom is 0.261 e. The molecule has 7 heteroatoms. The summed E-state index contributed by atoms with van der Waals surface area (Å²) in [6.45, 7) is 4.98. The monoisotopic (exact) mass is 400 g/mol. The Morgan fingerprint density at radius 1 is 1.18 bits per heavy atom. The molecule has 1 saturated heterocycles. The fourth-order valence-electron chi connectivity index (χ4n) is 3.66. The smallest absolute Gasteiger partial charge is 0.261 e. The van der Waals surface area contributed by atoms with Gasteiger partial charge in [0, 0.05) is 38.4 Å². The van der Waals surface area contributed by atoms with Crippen LogP contribution in [0.25, 0.3) is 22.3 Å². The summed E-state index contributed by atoms with van der Waals surface area (Å²) in [4.78, 5) is 22.2. The molecule has 5 nitrogen and oxygen atoms in total. The lowest BCUT2D eigenvalue weighted by Crippen LogP contribution is -2.50. The molecule has 0 amide bonds. The van der Waals surface area contributed by atoms with Gasteiger partial charge in [-0.2, -0.15) is 0 Å². The highest BCUT2D eigenvalue weighted by molar-refractivity contribution is 6.31. The summed E-state index contributed by atoms with van der Waals surface area (Å²) in [5.41, 5.74) is 1.56. The molecule has 2 heterocycles. The summed E-state index contributed by atoms with van der Waals surface area (Å²) < 4.78 is 15.9. The van der Waals surface area contributed by atoms with E-state index in [4.69, 9.17) is 11.6 Å². The second kappa shape index (κ2) is 7.18. The van der Waals surface area contributed by atoms with Crippen molar-refractivity contribution in [1.29, 1.82) is 0 Å². The molecule has 0 bridgehead atoms. The van der Waals surface area contributed by atoms with Gasteiger partial charge in [-0.05, 0) is 44.3 Å². The molecule has 1 atom stereocenters. The van der Waals surface area contributed by atoms with E-state index in [1.165, 1.54) is 10.6 Å². The van der Waals surface area contributed by atoms with E-state index in [2.05, 4.69) is 28.8 Å². The molecule has 4 rings (SSSR count). The standard InChI is InChI=1S/C21H22ClFN4O/c1-13-12-27(10-9-25(13)2)14-7-8-18-16(11-14)21(28)26(3)20(24-18)15-5-4-6-17(22)19(15)23/h4-8,11,13H,9-10,12H2,1-3H3. The van der Waals surface area contributed by atoms with Crippen LogP contribution in [-0.2, 0) is 7.05 Å². The van der Waals surface area contributed by atoms with Gasteiger partial charge in [0.2, 0.25) is 0 Å². The van der Waals surface area contributed by atoms with Crippen molar-refractivity contribution < 1.29 is 4.39 Å².